The number of furan rings is 1. The van der Waals surface area contributed by atoms with Gasteiger partial charge in [0, 0.05) is 17.7 Å². The predicted octanol–water partition coefficient (Wildman–Crippen LogP) is 3.98. The zero-order chi connectivity index (χ0) is 29.3. The lowest BCUT2D eigenvalue weighted by molar-refractivity contribution is -0.384. The van der Waals surface area contributed by atoms with E-state index in [1.807, 2.05) is 0 Å². The van der Waals surface area contributed by atoms with Crippen molar-refractivity contribution in [2.75, 3.05) is 20.8 Å². The molecule has 12 heteroatoms. The van der Waals surface area contributed by atoms with Gasteiger partial charge in [-0.25, -0.2) is 9.79 Å². The van der Waals surface area contributed by atoms with E-state index in [1.54, 1.807) is 62.4 Å². The maximum Gasteiger partial charge on any atom is 0.338 e. The van der Waals surface area contributed by atoms with Crippen molar-refractivity contribution in [3.63, 3.8) is 0 Å². The van der Waals surface area contributed by atoms with E-state index in [9.17, 15) is 19.7 Å². The Labute approximate surface area is 237 Å². The minimum Gasteiger partial charge on any atom is -0.493 e. The number of nitrogens with zero attached hydrogens (tertiary/aromatic N) is 3. The number of allylic oxidation sites excluding steroid dienone is 1. The van der Waals surface area contributed by atoms with Gasteiger partial charge in [0.05, 0.1) is 41.6 Å². The molecule has 5 rings (SSSR count). The molecule has 11 nitrogen and oxygen atoms in total. The zero-order valence-electron chi connectivity index (χ0n) is 22.6. The molecule has 0 N–H and O–H groups in total. The lowest BCUT2D eigenvalue weighted by Crippen LogP contribution is -2.39. The van der Waals surface area contributed by atoms with Crippen LogP contribution < -0.4 is 24.4 Å². The lowest BCUT2D eigenvalue weighted by Gasteiger charge is -2.22. The van der Waals surface area contributed by atoms with Gasteiger partial charge in [-0.1, -0.05) is 29.5 Å². The Hall–Kier alpha value is -4.97. The average Bonchev–Trinajstić information content (AvgIpc) is 3.57. The summed E-state index contributed by atoms with van der Waals surface area (Å²) in [6.45, 7) is 3.49. The van der Waals surface area contributed by atoms with Crippen molar-refractivity contribution < 1.29 is 28.3 Å². The van der Waals surface area contributed by atoms with Gasteiger partial charge < -0.3 is 18.6 Å². The van der Waals surface area contributed by atoms with Gasteiger partial charge in [-0.2, -0.15) is 0 Å². The first-order valence-corrected chi connectivity index (χ1v) is 13.3. The van der Waals surface area contributed by atoms with E-state index in [0.717, 1.165) is 0 Å². The molecule has 3 heterocycles. The van der Waals surface area contributed by atoms with Crippen molar-refractivity contribution in [1.29, 1.82) is 0 Å². The summed E-state index contributed by atoms with van der Waals surface area (Å²) < 4.78 is 23.9. The molecule has 0 unspecified atom stereocenters. The molecule has 1 aliphatic rings. The van der Waals surface area contributed by atoms with Gasteiger partial charge in [-0.3, -0.25) is 19.5 Å². The Morgan fingerprint density at radius 1 is 1.15 bits per heavy atom. The topological polar surface area (TPSA) is 135 Å². The predicted molar refractivity (Wildman–Crippen MR) is 151 cm³/mol. The summed E-state index contributed by atoms with van der Waals surface area (Å²) >= 11 is 1.17. The first kappa shape index (κ1) is 27.6. The number of carbonyl (C=O) groups is 1. The highest BCUT2D eigenvalue weighted by Gasteiger charge is 2.35. The van der Waals surface area contributed by atoms with Gasteiger partial charge in [0.15, 0.2) is 16.3 Å². The summed E-state index contributed by atoms with van der Waals surface area (Å²) in [5, 5.41) is 11.3. The van der Waals surface area contributed by atoms with Crippen LogP contribution in [0.5, 0.6) is 11.5 Å². The Morgan fingerprint density at radius 3 is 2.63 bits per heavy atom. The number of nitro benzene ring substituents is 1. The Balaban J connectivity index is 1.67. The molecule has 4 aromatic rings. The van der Waals surface area contributed by atoms with Crippen molar-refractivity contribution >= 4 is 29.1 Å². The number of thiazole rings is 1. The van der Waals surface area contributed by atoms with Crippen molar-refractivity contribution in [2.45, 2.75) is 19.9 Å². The number of hydrogen-bond donors (Lipinski definition) is 0. The van der Waals surface area contributed by atoms with Crippen molar-refractivity contribution in [1.82, 2.24) is 4.57 Å². The fourth-order valence-corrected chi connectivity index (χ4v) is 5.63. The van der Waals surface area contributed by atoms with Crippen LogP contribution in [-0.4, -0.2) is 36.3 Å². The highest BCUT2D eigenvalue weighted by atomic mass is 32.1. The Kier molecular flexibility index (Phi) is 7.58. The standard InChI is InChI=1S/C29H25N3O8S/c1-5-39-28(34)25-16(2)30-29-31(27(33)24(41-29)14-17-9-10-21(37-3)23(13-17)38-4)26(25)22-12-11-20(40-22)18-7-6-8-19(15-18)32(35)36/h6-15,26H,5H2,1-4H3/b24-14-/t26-/m0/s1. The van der Waals surface area contributed by atoms with Crippen LogP contribution >= 0.6 is 11.3 Å². The molecule has 0 spiro atoms. The quantitative estimate of drug-likeness (QED) is 0.175. The van der Waals surface area contributed by atoms with Crippen LogP contribution in [0.1, 0.15) is 31.2 Å². The summed E-state index contributed by atoms with van der Waals surface area (Å²) in [7, 11) is 3.07. The number of rotatable bonds is 8. The molecule has 0 fully saturated rings. The molecule has 41 heavy (non-hydrogen) atoms. The number of ether oxygens (including phenoxy) is 3. The SMILES string of the molecule is CCOC(=O)C1=C(C)N=c2s/c(=C\c3ccc(OC)c(OC)c3)c(=O)n2[C@H]1c1ccc(-c2cccc([N+](=O)[O-])c2)o1. The van der Waals surface area contributed by atoms with E-state index >= 15 is 0 Å². The highest BCUT2D eigenvalue weighted by Crippen LogP contribution is 2.35. The van der Waals surface area contributed by atoms with Gasteiger partial charge in [0.25, 0.3) is 11.2 Å². The number of non-ortho nitro benzene ring substituents is 1. The molecular formula is C29H25N3O8S. The number of nitro groups is 1. The summed E-state index contributed by atoms with van der Waals surface area (Å²) in [5.41, 5.74) is 1.27. The minimum atomic E-state index is -0.967. The number of hydrogen-bond acceptors (Lipinski definition) is 10. The maximum absolute atomic E-state index is 13.8. The number of fused-ring (bicyclic) bond motifs is 1. The Morgan fingerprint density at radius 2 is 1.93 bits per heavy atom. The van der Waals surface area contributed by atoms with Crippen molar-refractivity contribution in [3.8, 4) is 22.8 Å². The number of esters is 1. The molecule has 0 saturated heterocycles. The van der Waals surface area contributed by atoms with Gasteiger partial charge in [-0.15, -0.1) is 0 Å². The van der Waals surface area contributed by atoms with E-state index in [0.29, 0.717) is 43.4 Å². The van der Waals surface area contributed by atoms with Crippen LogP contribution in [0.3, 0.4) is 0 Å². The summed E-state index contributed by atoms with van der Waals surface area (Å²) in [4.78, 5) is 42.7. The number of methoxy groups -OCH3 is 2. The zero-order valence-corrected chi connectivity index (χ0v) is 23.4. The lowest BCUT2D eigenvalue weighted by atomic mass is 10.0. The second kappa shape index (κ2) is 11.3. The van der Waals surface area contributed by atoms with E-state index in [-0.39, 0.29) is 29.2 Å². The second-order valence-electron chi connectivity index (χ2n) is 8.93. The first-order valence-electron chi connectivity index (χ1n) is 12.5. The monoisotopic (exact) mass is 575 g/mol. The average molecular weight is 576 g/mol. The molecule has 0 bridgehead atoms. The molecule has 1 atom stereocenters. The van der Waals surface area contributed by atoms with Crippen LogP contribution in [0, 0.1) is 10.1 Å². The summed E-state index contributed by atoms with van der Waals surface area (Å²) in [5.74, 6) is 1.06. The molecule has 0 radical (unpaired) electrons. The van der Waals surface area contributed by atoms with Gasteiger partial charge in [0.2, 0.25) is 0 Å². The molecule has 0 aliphatic carbocycles. The Bertz CT molecular complexity index is 1880. The molecule has 1 aliphatic heterocycles. The number of aromatic nitrogens is 1. The third kappa shape index (κ3) is 5.16. The van der Waals surface area contributed by atoms with Gasteiger partial charge in [-0.05, 0) is 49.8 Å². The third-order valence-electron chi connectivity index (χ3n) is 6.46. The largest absolute Gasteiger partial charge is 0.493 e. The van der Waals surface area contributed by atoms with Crippen LogP contribution in [0.2, 0.25) is 0 Å². The number of carbonyl (C=O) groups excluding carboxylic acids is 1. The van der Waals surface area contributed by atoms with Crippen LogP contribution in [0.15, 0.2) is 80.1 Å². The van der Waals surface area contributed by atoms with Crippen LogP contribution in [0.25, 0.3) is 17.4 Å². The first-order chi connectivity index (χ1) is 19.7. The van der Waals surface area contributed by atoms with E-state index in [4.69, 9.17) is 18.6 Å². The number of benzene rings is 2. The molecule has 0 amide bonds. The molecule has 2 aromatic carbocycles. The smallest absolute Gasteiger partial charge is 0.338 e. The van der Waals surface area contributed by atoms with Gasteiger partial charge in [0.1, 0.15) is 17.6 Å². The highest BCUT2D eigenvalue weighted by molar-refractivity contribution is 7.07. The fourth-order valence-electron chi connectivity index (χ4n) is 4.58. The van der Waals surface area contributed by atoms with E-state index in [2.05, 4.69) is 4.99 Å². The van der Waals surface area contributed by atoms with E-state index < -0.39 is 16.9 Å². The maximum atomic E-state index is 13.8. The summed E-state index contributed by atoms with van der Waals surface area (Å²) in [6, 6.07) is 13.6. The third-order valence-corrected chi connectivity index (χ3v) is 7.44. The van der Waals surface area contributed by atoms with Crippen molar-refractivity contribution in [3.05, 3.63) is 107 Å². The van der Waals surface area contributed by atoms with Crippen LogP contribution in [0.4, 0.5) is 5.69 Å². The van der Waals surface area contributed by atoms with E-state index in [1.165, 1.54) is 42.3 Å². The molecule has 0 saturated carbocycles. The molecule has 2 aromatic heterocycles. The normalized spacial score (nSPS) is 14.8. The minimum absolute atomic E-state index is 0.0912. The second-order valence-corrected chi connectivity index (χ2v) is 9.94. The molecular weight excluding hydrogens is 550 g/mol. The van der Waals surface area contributed by atoms with Crippen LogP contribution in [-0.2, 0) is 9.53 Å². The van der Waals surface area contributed by atoms with Gasteiger partial charge >= 0.3 is 5.97 Å². The summed E-state index contributed by atoms with van der Waals surface area (Å²) in [6.07, 6.45) is 1.71. The molecule has 210 valence electrons. The fraction of sp³-hybridized carbons (Fsp3) is 0.207. The van der Waals surface area contributed by atoms with Crippen molar-refractivity contribution in [2.24, 2.45) is 4.99 Å².